The molecule has 0 spiro atoms. The quantitative estimate of drug-likeness (QED) is 0.803. The molecule has 0 bridgehead atoms. The highest BCUT2D eigenvalue weighted by atomic mass is 16.2. The first-order chi connectivity index (χ1) is 8.16. The van der Waals surface area contributed by atoms with Gasteiger partial charge in [0.25, 0.3) is 0 Å². The SMILES string of the molecule is Cc1nn(C)cc1CNC(=O)[C@@H]1CCCCN1. The third-order valence-electron chi connectivity index (χ3n) is 3.19. The Morgan fingerprint density at radius 1 is 1.65 bits per heavy atom. The number of hydrogen-bond donors (Lipinski definition) is 2. The summed E-state index contributed by atoms with van der Waals surface area (Å²) in [5, 5.41) is 10.5. The van der Waals surface area contributed by atoms with Crippen molar-refractivity contribution < 1.29 is 4.79 Å². The van der Waals surface area contributed by atoms with Crippen LogP contribution in [0, 0.1) is 6.92 Å². The molecule has 0 saturated carbocycles. The van der Waals surface area contributed by atoms with Crippen LogP contribution >= 0.6 is 0 Å². The number of aryl methyl sites for hydroxylation is 2. The third-order valence-corrected chi connectivity index (χ3v) is 3.19. The van der Waals surface area contributed by atoms with E-state index in [0.717, 1.165) is 30.6 Å². The zero-order chi connectivity index (χ0) is 12.3. The van der Waals surface area contributed by atoms with Crippen LogP contribution in [0.15, 0.2) is 6.20 Å². The number of carbonyl (C=O) groups is 1. The minimum Gasteiger partial charge on any atom is -0.351 e. The van der Waals surface area contributed by atoms with Gasteiger partial charge in [-0.2, -0.15) is 5.10 Å². The van der Waals surface area contributed by atoms with Crippen LogP contribution in [0.2, 0.25) is 0 Å². The van der Waals surface area contributed by atoms with Gasteiger partial charge in [-0.05, 0) is 26.3 Å². The molecule has 0 aliphatic carbocycles. The van der Waals surface area contributed by atoms with Crippen LogP contribution in [-0.2, 0) is 18.4 Å². The Balaban J connectivity index is 1.85. The van der Waals surface area contributed by atoms with E-state index >= 15 is 0 Å². The Labute approximate surface area is 102 Å². The van der Waals surface area contributed by atoms with E-state index in [4.69, 9.17) is 0 Å². The van der Waals surface area contributed by atoms with Gasteiger partial charge in [0.1, 0.15) is 0 Å². The number of nitrogens with zero attached hydrogens (tertiary/aromatic N) is 2. The number of piperidine rings is 1. The van der Waals surface area contributed by atoms with Gasteiger partial charge in [0.15, 0.2) is 0 Å². The lowest BCUT2D eigenvalue weighted by Gasteiger charge is -2.22. The van der Waals surface area contributed by atoms with Gasteiger partial charge >= 0.3 is 0 Å². The largest absolute Gasteiger partial charge is 0.351 e. The molecule has 0 unspecified atom stereocenters. The third kappa shape index (κ3) is 3.06. The maximum atomic E-state index is 11.9. The Morgan fingerprint density at radius 3 is 3.06 bits per heavy atom. The van der Waals surface area contributed by atoms with Crippen molar-refractivity contribution in [1.82, 2.24) is 20.4 Å². The molecule has 1 saturated heterocycles. The second-order valence-corrected chi connectivity index (χ2v) is 4.63. The zero-order valence-electron chi connectivity index (χ0n) is 10.5. The van der Waals surface area contributed by atoms with Crippen molar-refractivity contribution in [3.63, 3.8) is 0 Å². The normalized spacial score (nSPS) is 20.2. The van der Waals surface area contributed by atoms with Crippen molar-refractivity contribution in [3.8, 4) is 0 Å². The summed E-state index contributed by atoms with van der Waals surface area (Å²) in [4.78, 5) is 11.9. The van der Waals surface area contributed by atoms with E-state index in [2.05, 4.69) is 15.7 Å². The fourth-order valence-electron chi connectivity index (χ4n) is 2.20. The summed E-state index contributed by atoms with van der Waals surface area (Å²) in [6.07, 6.45) is 5.20. The summed E-state index contributed by atoms with van der Waals surface area (Å²) < 4.78 is 1.77. The molecule has 1 amide bonds. The van der Waals surface area contributed by atoms with Gasteiger partial charge in [-0.15, -0.1) is 0 Å². The monoisotopic (exact) mass is 236 g/mol. The van der Waals surface area contributed by atoms with E-state index < -0.39 is 0 Å². The van der Waals surface area contributed by atoms with Gasteiger partial charge in [0, 0.05) is 25.4 Å². The number of rotatable bonds is 3. The molecule has 2 heterocycles. The fraction of sp³-hybridized carbons (Fsp3) is 0.667. The van der Waals surface area contributed by atoms with E-state index in [1.165, 1.54) is 6.42 Å². The molecule has 1 aromatic heterocycles. The average Bonchev–Trinajstić information content (AvgIpc) is 2.66. The van der Waals surface area contributed by atoms with E-state index in [1.807, 2.05) is 20.2 Å². The van der Waals surface area contributed by atoms with Gasteiger partial charge in [-0.1, -0.05) is 6.42 Å². The molecule has 5 heteroatoms. The molecule has 2 N–H and O–H groups in total. The molecular weight excluding hydrogens is 216 g/mol. The van der Waals surface area contributed by atoms with Gasteiger partial charge < -0.3 is 10.6 Å². The summed E-state index contributed by atoms with van der Waals surface area (Å²) >= 11 is 0. The van der Waals surface area contributed by atoms with Crippen molar-refractivity contribution >= 4 is 5.91 Å². The summed E-state index contributed by atoms with van der Waals surface area (Å²) in [7, 11) is 1.89. The molecule has 0 radical (unpaired) electrons. The average molecular weight is 236 g/mol. The van der Waals surface area contributed by atoms with E-state index in [0.29, 0.717) is 6.54 Å². The summed E-state index contributed by atoms with van der Waals surface area (Å²) in [5.41, 5.74) is 2.06. The number of nitrogens with one attached hydrogen (secondary N) is 2. The highest BCUT2D eigenvalue weighted by Crippen LogP contribution is 2.08. The number of aromatic nitrogens is 2. The topological polar surface area (TPSA) is 59.0 Å². The first kappa shape index (κ1) is 12.1. The lowest BCUT2D eigenvalue weighted by Crippen LogP contribution is -2.46. The zero-order valence-corrected chi connectivity index (χ0v) is 10.5. The molecule has 2 rings (SSSR count). The van der Waals surface area contributed by atoms with E-state index in [9.17, 15) is 4.79 Å². The summed E-state index contributed by atoms with van der Waals surface area (Å²) in [6, 6.07) is -0.0132. The molecule has 1 aliphatic heterocycles. The van der Waals surface area contributed by atoms with Crippen LogP contribution < -0.4 is 10.6 Å². The van der Waals surface area contributed by atoms with Crippen LogP contribution in [0.3, 0.4) is 0 Å². The molecule has 1 aromatic rings. The van der Waals surface area contributed by atoms with Crippen LogP contribution in [0.5, 0.6) is 0 Å². The minimum atomic E-state index is -0.0132. The standard InChI is InChI=1S/C12H20N4O/c1-9-10(8-16(2)15-9)7-14-12(17)11-5-3-4-6-13-11/h8,11,13H,3-7H2,1-2H3,(H,14,17)/t11-/m0/s1. The minimum absolute atomic E-state index is 0.0132. The Hall–Kier alpha value is -1.36. The molecule has 1 aliphatic rings. The molecule has 5 nitrogen and oxygen atoms in total. The van der Waals surface area contributed by atoms with Gasteiger partial charge in [0.05, 0.1) is 11.7 Å². The Morgan fingerprint density at radius 2 is 2.47 bits per heavy atom. The summed E-state index contributed by atoms with van der Waals surface area (Å²) in [5.74, 6) is 0.105. The molecule has 0 aromatic carbocycles. The first-order valence-electron chi connectivity index (χ1n) is 6.17. The highest BCUT2D eigenvalue weighted by Gasteiger charge is 2.20. The van der Waals surface area contributed by atoms with Gasteiger partial charge in [-0.25, -0.2) is 0 Å². The van der Waals surface area contributed by atoms with E-state index in [1.54, 1.807) is 4.68 Å². The molecule has 94 valence electrons. The van der Waals surface area contributed by atoms with Crippen LogP contribution in [0.4, 0.5) is 0 Å². The second-order valence-electron chi connectivity index (χ2n) is 4.63. The van der Waals surface area contributed by atoms with Crippen LogP contribution in [0.1, 0.15) is 30.5 Å². The summed E-state index contributed by atoms with van der Waals surface area (Å²) in [6.45, 7) is 3.47. The smallest absolute Gasteiger partial charge is 0.237 e. The number of amides is 1. The van der Waals surface area contributed by atoms with Crippen molar-refractivity contribution in [2.45, 2.75) is 38.8 Å². The Bertz CT molecular complexity index is 393. The predicted octanol–water partition coefficient (Wildman–Crippen LogP) is 0.487. The number of hydrogen-bond acceptors (Lipinski definition) is 3. The van der Waals surface area contributed by atoms with Crippen molar-refractivity contribution in [1.29, 1.82) is 0 Å². The second kappa shape index (κ2) is 5.31. The maximum absolute atomic E-state index is 11.9. The number of carbonyl (C=O) groups excluding carboxylic acids is 1. The van der Waals surface area contributed by atoms with E-state index in [-0.39, 0.29) is 11.9 Å². The molecule has 17 heavy (non-hydrogen) atoms. The predicted molar refractivity (Wildman–Crippen MR) is 65.4 cm³/mol. The van der Waals surface area contributed by atoms with Gasteiger partial charge in [-0.3, -0.25) is 9.48 Å². The van der Waals surface area contributed by atoms with Crippen molar-refractivity contribution in [3.05, 3.63) is 17.5 Å². The fourth-order valence-corrected chi connectivity index (χ4v) is 2.20. The maximum Gasteiger partial charge on any atom is 0.237 e. The Kier molecular flexibility index (Phi) is 3.78. The lowest BCUT2D eigenvalue weighted by atomic mass is 10.0. The van der Waals surface area contributed by atoms with Crippen molar-refractivity contribution in [2.75, 3.05) is 6.54 Å². The first-order valence-corrected chi connectivity index (χ1v) is 6.17. The lowest BCUT2D eigenvalue weighted by molar-refractivity contribution is -0.123. The highest BCUT2D eigenvalue weighted by molar-refractivity contribution is 5.81. The molecular formula is C12H20N4O. The van der Waals surface area contributed by atoms with Crippen molar-refractivity contribution in [2.24, 2.45) is 7.05 Å². The van der Waals surface area contributed by atoms with Gasteiger partial charge in [0.2, 0.25) is 5.91 Å². The van der Waals surface area contributed by atoms with Crippen LogP contribution in [0.25, 0.3) is 0 Å². The molecule has 1 atom stereocenters. The van der Waals surface area contributed by atoms with Crippen LogP contribution in [-0.4, -0.2) is 28.3 Å². The molecule has 1 fully saturated rings.